The van der Waals surface area contributed by atoms with E-state index in [-0.39, 0.29) is 11.6 Å². The van der Waals surface area contributed by atoms with Gasteiger partial charge in [-0.15, -0.1) is 0 Å². The molecule has 2 rings (SSSR count). The van der Waals surface area contributed by atoms with Crippen molar-refractivity contribution in [2.75, 3.05) is 0 Å². The number of ether oxygens (including phenoxy) is 1. The highest BCUT2D eigenvalue weighted by Crippen LogP contribution is 2.28. The number of aromatic nitrogens is 2. The summed E-state index contributed by atoms with van der Waals surface area (Å²) in [6.07, 6.45) is 2.73. The van der Waals surface area contributed by atoms with Crippen molar-refractivity contribution in [2.24, 2.45) is 0 Å². The first-order valence-electron chi connectivity index (χ1n) is 5.79. The minimum absolute atomic E-state index is 0.00287. The minimum Gasteiger partial charge on any atom is -0.476 e. The third-order valence-electron chi connectivity index (χ3n) is 2.84. The van der Waals surface area contributed by atoms with Crippen LogP contribution < -0.4 is 4.74 Å². The summed E-state index contributed by atoms with van der Waals surface area (Å²) in [5.41, 5.74) is 2.88. The molecule has 2 aromatic rings. The molecule has 0 aliphatic carbocycles. The Labute approximate surface area is 110 Å². The van der Waals surface area contributed by atoms with Crippen LogP contribution in [0.15, 0.2) is 24.5 Å². The van der Waals surface area contributed by atoms with Crippen LogP contribution in [0.3, 0.4) is 0 Å². The number of carboxylic acids is 1. The number of nitrogens with zero attached hydrogens (tertiary/aromatic N) is 2. The molecular formula is C14H14N2O3. The first-order chi connectivity index (χ1) is 8.99. The van der Waals surface area contributed by atoms with Crippen LogP contribution in [0.25, 0.3) is 0 Å². The zero-order valence-electron chi connectivity index (χ0n) is 11.0. The molecule has 0 saturated carbocycles. The molecule has 1 aromatic carbocycles. The lowest BCUT2D eigenvalue weighted by atomic mass is 10.1. The Balaban J connectivity index is 2.45. The lowest BCUT2D eigenvalue weighted by Gasteiger charge is -2.12. The van der Waals surface area contributed by atoms with Crippen molar-refractivity contribution in [1.29, 1.82) is 0 Å². The van der Waals surface area contributed by atoms with E-state index >= 15 is 0 Å². The van der Waals surface area contributed by atoms with Crippen molar-refractivity contribution < 1.29 is 14.6 Å². The van der Waals surface area contributed by atoms with Gasteiger partial charge in [-0.1, -0.05) is 6.07 Å². The van der Waals surface area contributed by atoms with Gasteiger partial charge >= 0.3 is 5.97 Å². The van der Waals surface area contributed by atoms with Gasteiger partial charge in [0.1, 0.15) is 5.75 Å². The molecule has 5 nitrogen and oxygen atoms in total. The van der Waals surface area contributed by atoms with E-state index in [2.05, 4.69) is 9.97 Å². The van der Waals surface area contributed by atoms with Crippen molar-refractivity contribution in [2.45, 2.75) is 20.8 Å². The molecule has 1 aromatic heterocycles. The smallest absolute Gasteiger partial charge is 0.360 e. The Morgan fingerprint density at radius 3 is 2.53 bits per heavy atom. The number of carboxylic acid groups (broad SMARTS) is 1. The molecule has 98 valence electrons. The number of benzene rings is 1. The monoisotopic (exact) mass is 258 g/mol. The van der Waals surface area contributed by atoms with E-state index in [1.54, 1.807) is 0 Å². The van der Waals surface area contributed by atoms with Gasteiger partial charge in [-0.2, -0.15) is 0 Å². The molecule has 1 heterocycles. The molecule has 0 aliphatic heterocycles. The van der Waals surface area contributed by atoms with Crippen molar-refractivity contribution in [3.63, 3.8) is 0 Å². The van der Waals surface area contributed by atoms with Crippen molar-refractivity contribution in [3.05, 3.63) is 46.9 Å². The predicted octanol–water partition coefficient (Wildman–Crippen LogP) is 2.89. The number of carbonyl (C=O) groups is 1. The van der Waals surface area contributed by atoms with Crippen molar-refractivity contribution in [1.82, 2.24) is 9.97 Å². The topological polar surface area (TPSA) is 72.3 Å². The van der Waals surface area contributed by atoms with E-state index in [0.717, 1.165) is 16.7 Å². The van der Waals surface area contributed by atoms with E-state index in [9.17, 15) is 4.79 Å². The maximum absolute atomic E-state index is 11.0. The van der Waals surface area contributed by atoms with Gasteiger partial charge in [0.15, 0.2) is 0 Å². The summed E-state index contributed by atoms with van der Waals surface area (Å²) in [6, 6.07) is 3.89. The molecule has 0 saturated heterocycles. The first-order valence-corrected chi connectivity index (χ1v) is 5.79. The van der Waals surface area contributed by atoms with Gasteiger partial charge in [-0.25, -0.2) is 14.8 Å². The normalized spacial score (nSPS) is 10.3. The summed E-state index contributed by atoms with van der Waals surface area (Å²) in [4.78, 5) is 18.7. The number of hydrogen-bond donors (Lipinski definition) is 1. The molecule has 0 unspecified atom stereocenters. The average molecular weight is 258 g/mol. The molecule has 0 fully saturated rings. The summed E-state index contributed by atoms with van der Waals surface area (Å²) in [6.45, 7) is 5.85. The lowest BCUT2D eigenvalue weighted by molar-refractivity contribution is 0.0686. The third-order valence-corrected chi connectivity index (χ3v) is 2.84. The Bertz CT molecular complexity index is 639. The quantitative estimate of drug-likeness (QED) is 0.916. The summed E-state index contributed by atoms with van der Waals surface area (Å²) in [7, 11) is 0. The summed E-state index contributed by atoms with van der Waals surface area (Å²) >= 11 is 0. The molecule has 0 atom stereocenters. The van der Waals surface area contributed by atoms with Crippen molar-refractivity contribution in [3.8, 4) is 11.6 Å². The largest absolute Gasteiger partial charge is 0.476 e. The highest BCUT2D eigenvalue weighted by atomic mass is 16.5. The highest BCUT2D eigenvalue weighted by molar-refractivity contribution is 5.87. The molecule has 0 aliphatic rings. The Hall–Kier alpha value is -2.43. The molecule has 5 heteroatoms. The van der Waals surface area contributed by atoms with Gasteiger partial charge in [0, 0.05) is 12.4 Å². The zero-order chi connectivity index (χ0) is 14.0. The predicted molar refractivity (Wildman–Crippen MR) is 69.7 cm³/mol. The standard InChI is InChI=1S/C14H14N2O3/c1-8-6-9(2)10(3)11(7-8)19-13-12(14(17)18)15-4-5-16-13/h4-7H,1-3H3,(H,17,18). The Morgan fingerprint density at radius 1 is 1.16 bits per heavy atom. The van der Waals surface area contributed by atoms with E-state index in [0.29, 0.717) is 5.75 Å². The van der Waals surface area contributed by atoms with Crippen LogP contribution in [-0.2, 0) is 0 Å². The molecule has 0 radical (unpaired) electrons. The van der Waals surface area contributed by atoms with Gasteiger partial charge < -0.3 is 9.84 Å². The average Bonchev–Trinajstić information content (AvgIpc) is 2.35. The molecule has 0 amide bonds. The second-order valence-electron chi connectivity index (χ2n) is 4.32. The zero-order valence-corrected chi connectivity index (χ0v) is 11.0. The third kappa shape index (κ3) is 2.70. The molecular weight excluding hydrogens is 244 g/mol. The molecule has 0 bridgehead atoms. The van der Waals surface area contributed by atoms with E-state index in [1.165, 1.54) is 12.4 Å². The van der Waals surface area contributed by atoms with Crippen LogP contribution in [0.1, 0.15) is 27.2 Å². The maximum atomic E-state index is 11.0. The second kappa shape index (κ2) is 5.06. The molecule has 0 spiro atoms. The molecule has 1 N–H and O–H groups in total. The van der Waals surface area contributed by atoms with Crippen LogP contribution in [0.2, 0.25) is 0 Å². The summed E-state index contributed by atoms with van der Waals surface area (Å²) in [5.74, 6) is -0.561. The number of hydrogen-bond acceptors (Lipinski definition) is 4. The van der Waals surface area contributed by atoms with Gasteiger partial charge in [0.2, 0.25) is 5.69 Å². The first kappa shape index (κ1) is 13.0. The number of aromatic carboxylic acids is 1. The lowest BCUT2D eigenvalue weighted by Crippen LogP contribution is -2.05. The fourth-order valence-corrected chi connectivity index (χ4v) is 1.76. The SMILES string of the molecule is Cc1cc(C)c(C)c(Oc2nccnc2C(=O)O)c1. The van der Waals surface area contributed by atoms with Crippen LogP contribution in [0.4, 0.5) is 0 Å². The van der Waals surface area contributed by atoms with E-state index in [1.807, 2.05) is 32.9 Å². The van der Waals surface area contributed by atoms with E-state index < -0.39 is 5.97 Å². The number of rotatable bonds is 3. The van der Waals surface area contributed by atoms with Crippen LogP contribution in [0.5, 0.6) is 11.6 Å². The van der Waals surface area contributed by atoms with Gasteiger partial charge in [-0.05, 0) is 43.5 Å². The second-order valence-corrected chi connectivity index (χ2v) is 4.32. The summed E-state index contributed by atoms with van der Waals surface area (Å²) in [5, 5.41) is 9.04. The van der Waals surface area contributed by atoms with Crippen LogP contribution in [-0.4, -0.2) is 21.0 Å². The summed E-state index contributed by atoms with van der Waals surface area (Å²) < 4.78 is 5.61. The van der Waals surface area contributed by atoms with Crippen LogP contribution in [0, 0.1) is 20.8 Å². The van der Waals surface area contributed by atoms with Crippen molar-refractivity contribution >= 4 is 5.97 Å². The van der Waals surface area contributed by atoms with Crippen LogP contribution >= 0.6 is 0 Å². The Morgan fingerprint density at radius 2 is 1.84 bits per heavy atom. The maximum Gasteiger partial charge on any atom is 0.360 e. The van der Waals surface area contributed by atoms with Gasteiger partial charge in [0.25, 0.3) is 5.88 Å². The minimum atomic E-state index is -1.16. The van der Waals surface area contributed by atoms with E-state index in [4.69, 9.17) is 9.84 Å². The number of aryl methyl sites for hydroxylation is 2. The fraction of sp³-hybridized carbons (Fsp3) is 0.214. The van der Waals surface area contributed by atoms with Gasteiger partial charge in [0.05, 0.1) is 0 Å². The van der Waals surface area contributed by atoms with Gasteiger partial charge in [-0.3, -0.25) is 0 Å². The fourth-order valence-electron chi connectivity index (χ4n) is 1.76. The molecule has 19 heavy (non-hydrogen) atoms. The Kier molecular flexibility index (Phi) is 3.46. The highest BCUT2D eigenvalue weighted by Gasteiger charge is 2.16.